The van der Waals surface area contributed by atoms with Crippen LogP contribution in [0, 0.1) is 0 Å². The molecule has 0 N–H and O–H groups in total. The van der Waals surface area contributed by atoms with Gasteiger partial charge in [0.2, 0.25) is 0 Å². The molecule has 116 valence electrons. The number of halogens is 3. The Kier molecular flexibility index (Phi) is 4.85. The Balaban J connectivity index is 2.24. The summed E-state index contributed by atoms with van der Waals surface area (Å²) in [5.74, 6) is 0. The molecule has 5 heteroatoms. The molecule has 0 radical (unpaired) electrons. The van der Waals surface area contributed by atoms with Crippen molar-refractivity contribution < 1.29 is 4.57 Å². The first kappa shape index (κ1) is 16.6. The van der Waals surface area contributed by atoms with Gasteiger partial charge in [-0.15, -0.1) is 0 Å². The van der Waals surface area contributed by atoms with Gasteiger partial charge in [-0.1, -0.05) is 34.8 Å². The van der Waals surface area contributed by atoms with Crippen LogP contribution in [0.3, 0.4) is 0 Å². The lowest BCUT2D eigenvalue weighted by atomic mass is 10.3. The van der Waals surface area contributed by atoms with E-state index in [1.54, 1.807) is 72.8 Å². The standard InChI is InChI=1S/C18H12Cl3OP/c19-13-1-7-16(8-2-13)23(22,17-9-3-14(20)4-10-17)18-11-5-15(21)6-12-18/h1-12H. The maximum atomic E-state index is 14.0. The minimum absolute atomic E-state index is 0.604. The van der Waals surface area contributed by atoms with E-state index in [0.29, 0.717) is 31.0 Å². The van der Waals surface area contributed by atoms with E-state index in [1.165, 1.54) is 0 Å². The summed E-state index contributed by atoms with van der Waals surface area (Å²) in [6.07, 6.45) is 0. The van der Waals surface area contributed by atoms with Crippen LogP contribution in [0.4, 0.5) is 0 Å². The molecule has 0 bridgehead atoms. The van der Waals surface area contributed by atoms with E-state index in [1.807, 2.05) is 0 Å². The second-order valence-electron chi connectivity index (χ2n) is 5.04. The van der Waals surface area contributed by atoms with Crippen molar-refractivity contribution in [3.05, 3.63) is 87.9 Å². The molecule has 0 aliphatic rings. The molecule has 3 rings (SSSR count). The summed E-state index contributed by atoms with van der Waals surface area (Å²) >= 11 is 17.9. The average molecular weight is 382 g/mol. The normalized spacial score (nSPS) is 11.4. The molecule has 0 aromatic heterocycles. The Hall–Kier alpha value is -1.24. The Bertz CT molecular complexity index is 739. The molecule has 3 aromatic carbocycles. The number of hydrogen-bond donors (Lipinski definition) is 0. The number of rotatable bonds is 3. The van der Waals surface area contributed by atoms with Crippen molar-refractivity contribution >= 4 is 57.9 Å². The monoisotopic (exact) mass is 380 g/mol. The van der Waals surface area contributed by atoms with Crippen LogP contribution < -0.4 is 15.9 Å². The maximum absolute atomic E-state index is 14.0. The molecule has 1 nitrogen and oxygen atoms in total. The van der Waals surface area contributed by atoms with E-state index in [0.717, 1.165) is 0 Å². The zero-order valence-electron chi connectivity index (χ0n) is 11.9. The summed E-state index contributed by atoms with van der Waals surface area (Å²) < 4.78 is 14.0. The summed E-state index contributed by atoms with van der Waals surface area (Å²) in [6.45, 7) is 0. The fourth-order valence-electron chi connectivity index (χ4n) is 2.40. The summed E-state index contributed by atoms with van der Waals surface area (Å²) in [7, 11) is -3.01. The lowest BCUT2D eigenvalue weighted by Gasteiger charge is -2.20. The third kappa shape index (κ3) is 3.34. The minimum Gasteiger partial charge on any atom is -0.309 e. The molecular formula is C18H12Cl3OP. The predicted molar refractivity (Wildman–Crippen MR) is 101 cm³/mol. The third-order valence-electron chi connectivity index (χ3n) is 3.57. The molecule has 0 saturated heterocycles. The lowest BCUT2D eigenvalue weighted by molar-refractivity contribution is 0.592. The van der Waals surface area contributed by atoms with E-state index in [9.17, 15) is 4.57 Å². The largest absolute Gasteiger partial charge is 0.309 e. The quantitative estimate of drug-likeness (QED) is 0.564. The Morgan fingerprint density at radius 3 is 0.913 bits per heavy atom. The zero-order valence-corrected chi connectivity index (χ0v) is 15.1. The van der Waals surface area contributed by atoms with Crippen LogP contribution >= 0.6 is 41.9 Å². The average Bonchev–Trinajstić information content (AvgIpc) is 2.56. The van der Waals surface area contributed by atoms with Gasteiger partial charge in [0.1, 0.15) is 0 Å². The van der Waals surface area contributed by atoms with Crippen LogP contribution in [-0.2, 0) is 4.57 Å². The molecule has 0 amide bonds. The molecule has 0 heterocycles. The Morgan fingerprint density at radius 2 is 0.696 bits per heavy atom. The van der Waals surface area contributed by atoms with E-state index < -0.39 is 7.14 Å². The zero-order chi connectivity index (χ0) is 16.4. The van der Waals surface area contributed by atoms with Gasteiger partial charge in [-0.05, 0) is 72.8 Å². The Labute approximate surface area is 150 Å². The van der Waals surface area contributed by atoms with Gasteiger partial charge in [-0.3, -0.25) is 0 Å². The third-order valence-corrected chi connectivity index (χ3v) is 7.40. The van der Waals surface area contributed by atoms with E-state index >= 15 is 0 Å². The molecule has 0 saturated carbocycles. The first-order valence-electron chi connectivity index (χ1n) is 6.88. The SMILES string of the molecule is O=P(c1ccc(Cl)cc1)(c1ccc(Cl)cc1)c1ccc(Cl)cc1. The molecule has 0 atom stereocenters. The Morgan fingerprint density at radius 1 is 0.478 bits per heavy atom. The highest BCUT2D eigenvalue weighted by molar-refractivity contribution is 7.85. The molecule has 0 aliphatic heterocycles. The van der Waals surface area contributed by atoms with Crippen LogP contribution in [0.5, 0.6) is 0 Å². The summed E-state index contributed by atoms with van der Waals surface area (Å²) in [5, 5.41) is 3.96. The van der Waals surface area contributed by atoms with Crippen LogP contribution in [0.2, 0.25) is 15.1 Å². The van der Waals surface area contributed by atoms with Crippen LogP contribution in [-0.4, -0.2) is 0 Å². The molecule has 0 unspecified atom stereocenters. The molecule has 0 fully saturated rings. The van der Waals surface area contributed by atoms with Gasteiger partial charge in [0, 0.05) is 31.0 Å². The van der Waals surface area contributed by atoms with Crippen molar-refractivity contribution in [2.45, 2.75) is 0 Å². The van der Waals surface area contributed by atoms with Gasteiger partial charge >= 0.3 is 0 Å². The van der Waals surface area contributed by atoms with Crippen LogP contribution in [0.15, 0.2) is 72.8 Å². The van der Waals surface area contributed by atoms with Crippen molar-refractivity contribution in [2.24, 2.45) is 0 Å². The van der Waals surface area contributed by atoms with Crippen molar-refractivity contribution in [1.82, 2.24) is 0 Å². The summed E-state index contributed by atoms with van der Waals surface area (Å²) in [5.41, 5.74) is 0. The first-order valence-corrected chi connectivity index (χ1v) is 9.73. The van der Waals surface area contributed by atoms with Crippen molar-refractivity contribution in [3.63, 3.8) is 0 Å². The second-order valence-corrected chi connectivity index (χ2v) is 9.12. The van der Waals surface area contributed by atoms with Crippen LogP contribution in [0.25, 0.3) is 0 Å². The molecular weight excluding hydrogens is 370 g/mol. The lowest BCUT2D eigenvalue weighted by Crippen LogP contribution is -2.24. The maximum Gasteiger partial charge on any atom is 0.171 e. The van der Waals surface area contributed by atoms with Gasteiger partial charge in [0.15, 0.2) is 7.14 Å². The smallest absolute Gasteiger partial charge is 0.171 e. The van der Waals surface area contributed by atoms with Gasteiger partial charge < -0.3 is 4.57 Å². The van der Waals surface area contributed by atoms with Crippen LogP contribution in [0.1, 0.15) is 0 Å². The fourth-order valence-corrected chi connectivity index (χ4v) is 5.38. The highest BCUT2D eigenvalue weighted by atomic mass is 35.5. The summed E-state index contributed by atoms with van der Waals surface area (Å²) in [4.78, 5) is 0. The van der Waals surface area contributed by atoms with E-state index in [4.69, 9.17) is 34.8 Å². The first-order chi connectivity index (χ1) is 11.0. The highest BCUT2D eigenvalue weighted by Gasteiger charge is 2.29. The topological polar surface area (TPSA) is 17.1 Å². The van der Waals surface area contributed by atoms with Crippen molar-refractivity contribution in [2.75, 3.05) is 0 Å². The fraction of sp³-hybridized carbons (Fsp3) is 0. The van der Waals surface area contributed by atoms with Crippen molar-refractivity contribution in [1.29, 1.82) is 0 Å². The molecule has 3 aromatic rings. The van der Waals surface area contributed by atoms with E-state index in [-0.39, 0.29) is 0 Å². The second kappa shape index (κ2) is 6.71. The number of hydrogen-bond acceptors (Lipinski definition) is 1. The van der Waals surface area contributed by atoms with Gasteiger partial charge in [-0.25, -0.2) is 0 Å². The highest BCUT2D eigenvalue weighted by Crippen LogP contribution is 2.42. The molecule has 0 aliphatic carbocycles. The summed E-state index contributed by atoms with van der Waals surface area (Å²) in [6, 6.07) is 21.3. The van der Waals surface area contributed by atoms with E-state index in [2.05, 4.69) is 0 Å². The van der Waals surface area contributed by atoms with Gasteiger partial charge in [0.05, 0.1) is 0 Å². The molecule has 23 heavy (non-hydrogen) atoms. The minimum atomic E-state index is -3.01. The number of benzene rings is 3. The van der Waals surface area contributed by atoms with Gasteiger partial charge in [0.25, 0.3) is 0 Å². The van der Waals surface area contributed by atoms with Crippen molar-refractivity contribution in [3.8, 4) is 0 Å². The predicted octanol–water partition coefficient (Wildman–Crippen LogP) is 5.29. The van der Waals surface area contributed by atoms with Gasteiger partial charge in [-0.2, -0.15) is 0 Å². The molecule has 0 spiro atoms.